The van der Waals surface area contributed by atoms with Crippen LogP contribution in [0.4, 0.5) is 0 Å². The Kier molecular flexibility index (Phi) is 4.10. The lowest BCUT2D eigenvalue weighted by atomic mass is 10.2. The van der Waals surface area contributed by atoms with E-state index < -0.39 is 9.84 Å². The van der Waals surface area contributed by atoms with Gasteiger partial charge in [-0.25, -0.2) is 8.42 Å². The zero-order valence-corrected chi connectivity index (χ0v) is 13.5. The summed E-state index contributed by atoms with van der Waals surface area (Å²) in [6.07, 6.45) is 1.70. The Morgan fingerprint density at radius 3 is 2.77 bits per heavy atom. The lowest BCUT2D eigenvalue weighted by Crippen LogP contribution is -2.37. The number of aliphatic imine (C=N–C) groups is 1. The quantitative estimate of drug-likeness (QED) is 0.784. The first-order valence-corrected chi connectivity index (χ1v) is 9.63. The van der Waals surface area contributed by atoms with Gasteiger partial charge in [-0.1, -0.05) is 36.0 Å². The molecule has 5 nitrogen and oxygen atoms in total. The Morgan fingerprint density at radius 2 is 2.09 bits per heavy atom. The molecule has 3 rings (SSSR count). The summed E-state index contributed by atoms with van der Waals surface area (Å²) < 4.78 is 23.5. The fraction of sp³-hybridized carbons (Fsp3) is 0.333. The van der Waals surface area contributed by atoms with Gasteiger partial charge < -0.3 is 4.90 Å². The molecule has 1 amide bonds. The van der Waals surface area contributed by atoms with Crippen molar-refractivity contribution in [3.8, 4) is 0 Å². The van der Waals surface area contributed by atoms with E-state index in [1.807, 2.05) is 11.0 Å². The third-order valence-electron chi connectivity index (χ3n) is 3.72. The molecule has 0 unspecified atom stereocenters. The molecule has 2 aliphatic rings. The summed E-state index contributed by atoms with van der Waals surface area (Å²) in [6.45, 7) is 4.20. The van der Waals surface area contributed by atoms with Crippen molar-refractivity contribution in [3.63, 3.8) is 0 Å². The van der Waals surface area contributed by atoms with Gasteiger partial charge in [0.2, 0.25) is 0 Å². The minimum Gasteiger partial charge on any atom is -0.342 e. The number of carbonyl (C=O) groups is 1. The third-order valence-corrected chi connectivity index (χ3v) is 6.97. The number of thioether (sulfide) groups is 1. The summed E-state index contributed by atoms with van der Waals surface area (Å²) in [5.41, 5.74) is 0.527. The number of hydrogen-bond acceptors (Lipinski definition) is 4. The van der Waals surface area contributed by atoms with Crippen LogP contribution < -0.4 is 0 Å². The second kappa shape index (κ2) is 5.89. The second-order valence-electron chi connectivity index (χ2n) is 5.31. The van der Waals surface area contributed by atoms with Gasteiger partial charge in [0.15, 0.2) is 15.0 Å². The molecule has 2 aliphatic heterocycles. The molecule has 2 atom stereocenters. The molecule has 2 heterocycles. The van der Waals surface area contributed by atoms with Crippen LogP contribution in [-0.4, -0.2) is 53.7 Å². The van der Waals surface area contributed by atoms with E-state index >= 15 is 0 Å². The lowest BCUT2D eigenvalue weighted by Gasteiger charge is -2.22. The van der Waals surface area contributed by atoms with Crippen LogP contribution in [-0.2, 0) is 9.84 Å². The first kappa shape index (κ1) is 15.3. The SMILES string of the molecule is C=CCN1C(=NC(=O)c2ccccc2)S[C@H]2CS(=O)(=O)C[C@H]21. The molecule has 0 bridgehead atoms. The van der Waals surface area contributed by atoms with Crippen molar-refractivity contribution in [3.05, 3.63) is 48.6 Å². The first-order valence-electron chi connectivity index (χ1n) is 6.93. The lowest BCUT2D eigenvalue weighted by molar-refractivity contribution is 0.100. The summed E-state index contributed by atoms with van der Waals surface area (Å²) in [6, 6.07) is 8.74. The topological polar surface area (TPSA) is 66.8 Å². The Labute approximate surface area is 134 Å². The van der Waals surface area contributed by atoms with Gasteiger partial charge in [0.1, 0.15) is 0 Å². The number of amides is 1. The Balaban J connectivity index is 1.86. The molecule has 0 radical (unpaired) electrons. The number of hydrogen-bond donors (Lipinski definition) is 0. The van der Waals surface area contributed by atoms with Crippen molar-refractivity contribution in [1.29, 1.82) is 0 Å². The first-order chi connectivity index (χ1) is 10.5. The monoisotopic (exact) mass is 336 g/mol. The average Bonchev–Trinajstić information content (AvgIpc) is 2.93. The predicted molar refractivity (Wildman–Crippen MR) is 88.9 cm³/mol. The van der Waals surface area contributed by atoms with Crippen molar-refractivity contribution in [2.45, 2.75) is 11.3 Å². The minimum atomic E-state index is -3.00. The molecule has 22 heavy (non-hydrogen) atoms. The average molecular weight is 336 g/mol. The molecule has 1 aromatic rings. The molecule has 116 valence electrons. The van der Waals surface area contributed by atoms with Crippen molar-refractivity contribution < 1.29 is 13.2 Å². The summed E-state index contributed by atoms with van der Waals surface area (Å²) in [5.74, 6) is -0.0361. The van der Waals surface area contributed by atoms with Crippen LogP contribution in [0.1, 0.15) is 10.4 Å². The highest BCUT2D eigenvalue weighted by atomic mass is 32.2. The zero-order chi connectivity index (χ0) is 15.7. The van der Waals surface area contributed by atoms with Gasteiger partial charge in [0, 0.05) is 17.4 Å². The van der Waals surface area contributed by atoms with Gasteiger partial charge in [0.05, 0.1) is 17.5 Å². The maximum atomic E-state index is 12.2. The molecule has 2 saturated heterocycles. The van der Waals surface area contributed by atoms with Crippen molar-refractivity contribution in [2.24, 2.45) is 4.99 Å². The molecular formula is C15H16N2O3S2. The smallest absolute Gasteiger partial charge is 0.279 e. The Morgan fingerprint density at radius 1 is 1.36 bits per heavy atom. The van der Waals surface area contributed by atoms with Gasteiger partial charge in [-0.15, -0.1) is 6.58 Å². The van der Waals surface area contributed by atoms with Gasteiger partial charge >= 0.3 is 0 Å². The van der Waals surface area contributed by atoms with Crippen LogP contribution in [0.2, 0.25) is 0 Å². The Bertz CT molecular complexity index is 728. The molecule has 1 aromatic carbocycles. The fourth-order valence-corrected chi connectivity index (χ4v) is 6.68. The highest BCUT2D eigenvalue weighted by Gasteiger charge is 2.48. The fourth-order valence-electron chi connectivity index (χ4n) is 2.72. The van der Waals surface area contributed by atoms with Crippen LogP contribution in [0.5, 0.6) is 0 Å². The Hall–Kier alpha value is -1.60. The van der Waals surface area contributed by atoms with Gasteiger partial charge in [0.25, 0.3) is 5.91 Å². The largest absolute Gasteiger partial charge is 0.342 e. The highest BCUT2D eigenvalue weighted by molar-refractivity contribution is 8.15. The molecule has 0 aliphatic carbocycles. The molecule has 0 saturated carbocycles. The van der Waals surface area contributed by atoms with Gasteiger partial charge in [-0.2, -0.15) is 4.99 Å². The number of nitrogens with zero attached hydrogens (tertiary/aromatic N) is 2. The van der Waals surface area contributed by atoms with Gasteiger partial charge in [-0.3, -0.25) is 4.79 Å². The molecular weight excluding hydrogens is 320 g/mol. The van der Waals surface area contributed by atoms with E-state index in [-0.39, 0.29) is 28.7 Å². The van der Waals surface area contributed by atoms with Crippen molar-refractivity contribution in [1.82, 2.24) is 4.90 Å². The molecule has 2 fully saturated rings. The van der Waals surface area contributed by atoms with Crippen LogP contribution >= 0.6 is 11.8 Å². The summed E-state index contributed by atoms with van der Waals surface area (Å²) in [4.78, 5) is 18.3. The molecule has 7 heteroatoms. The number of carbonyl (C=O) groups excluding carboxylic acids is 1. The second-order valence-corrected chi connectivity index (χ2v) is 8.67. The minimum absolute atomic E-state index is 0.0488. The predicted octanol–water partition coefficient (Wildman–Crippen LogP) is 1.58. The number of fused-ring (bicyclic) bond motifs is 1. The highest BCUT2D eigenvalue weighted by Crippen LogP contribution is 2.38. The maximum Gasteiger partial charge on any atom is 0.279 e. The summed E-state index contributed by atoms with van der Waals surface area (Å²) >= 11 is 1.38. The van der Waals surface area contributed by atoms with Crippen molar-refractivity contribution in [2.75, 3.05) is 18.1 Å². The molecule has 0 N–H and O–H groups in total. The van der Waals surface area contributed by atoms with Crippen LogP contribution in [0.15, 0.2) is 48.0 Å². The van der Waals surface area contributed by atoms with E-state index in [2.05, 4.69) is 11.6 Å². The molecule has 0 spiro atoms. The van der Waals surface area contributed by atoms with Crippen LogP contribution in [0, 0.1) is 0 Å². The number of benzene rings is 1. The zero-order valence-electron chi connectivity index (χ0n) is 11.9. The van der Waals surface area contributed by atoms with E-state index in [1.54, 1.807) is 30.3 Å². The van der Waals surface area contributed by atoms with E-state index in [0.717, 1.165) is 0 Å². The third kappa shape index (κ3) is 2.96. The normalized spacial score (nSPS) is 27.8. The summed E-state index contributed by atoms with van der Waals surface area (Å²) in [7, 11) is -3.00. The standard InChI is InChI=1S/C15H16N2O3S2/c1-2-8-17-12-9-22(19,20)10-13(12)21-15(17)16-14(18)11-6-4-3-5-7-11/h2-7,12-13H,1,8-10H2/t12-,13+/m1/s1. The van der Waals surface area contributed by atoms with E-state index in [9.17, 15) is 13.2 Å². The van der Waals surface area contributed by atoms with E-state index in [0.29, 0.717) is 17.3 Å². The van der Waals surface area contributed by atoms with Crippen LogP contribution in [0.3, 0.4) is 0 Å². The summed E-state index contributed by atoms with van der Waals surface area (Å²) in [5, 5.41) is 0.547. The number of sulfone groups is 1. The number of amidine groups is 1. The number of rotatable bonds is 3. The maximum absolute atomic E-state index is 12.2. The molecule has 0 aromatic heterocycles. The van der Waals surface area contributed by atoms with Crippen LogP contribution in [0.25, 0.3) is 0 Å². The van der Waals surface area contributed by atoms with E-state index in [4.69, 9.17) is 0 Å². The van der Waals surface area contributed by atoms with Gasteiger partial charge in [-0.05, 0) is 12.1 Å². The van der Waals surface area contributed by atoms with Crippen molar-refractivity contribution >= 4 is 32.7 Å². The van der Waals surface area contributed by atoms with E-state index in [1.165, 1.54) is 11.8 Å².